The molecule has 5 heteroatoms. The number of aromatic amines is 1. The molecule has 0 aliphatic carbocycles. The lowest BCUT2D eigenvalue weighted by atomic mass is 10.1. The summed E-state index contributed by atoms with van der Waals surface area (Å²) in [7, 11) is 0. The van der Waals surface area contributed by atoms with Crippen LogP contribution in [0.25, 0.3) is 0 Å². The highest BCUT2D eigenvalue weighted by Crippen LogP contribution is 2.05. The van der Waals surface area contributed by atoms with E-state index in [9.17, 15) is 14.4 Å². The number of ketones is 1. The molecule has 1 N–H and O–H groups in total. The molecule has 0 atom stereocenters. The van der Waals surface area contributed by atoms with E-state index in [0.29, 0.717) is 24.9 Å². The molecule has 5 nitrogen and oxygen atoms in total. The molecule has 0 spiro atoms. The second-order valence-corrected chi connectivity index (χ2v) is 5.75. The third-order valence-corrected chi connectivity index (χ3v) is 3.56. The van der Waals surface area contributed by atoms with Crippen LogP contribution in [0.15, 0.2) is 40.1 Å². The van der Waals surface area contributed by atoms with E-state index in [4.69, 9.17) is 0 Å². The Bertz CT molecular complexity index is 893. The van der Waals surface area contributed by atoms with Gasteiger partial charge in [-0.25, -0.2) is 4.79 Å². The SMILES string of the molecule is CC(=O)CCCC#Cc1ccc(Cn2cc(C)c(=O)[nH]c2=O)cc1. The van der Waals surface area contributed by atoms with Gasteiger partial charge in [0.15, 0.2) is 0 Å². The van der Waals surface area contributed by atoms with E-state index < -0.39 is 5.69 Å². The molecular weight excluding hydrogens is 304 g/mol. The lowest BCUT2D eigenvalue weighted by Gasteiger charge is -2.06. The zero-order valence-electron chi connectivity index (χ0n) is 13.9. The molecule has 0 fully saturated rings. The van der Waals surface area contributed by atoms with E-state index in [1.54, 1.807) is 20.0 Å². The molecule has 0 aliphatic heterocycles. The molecule has 0 aliphatic rings. The number of aryl methyl sites for hydroxylation is 1. The van der Waals surface area contributed by atoms with Crippen molar-refractivity contribution in [3.63, 3.8) is 0 Å². The fourth-order valence-corrected chi connectivity index (χ4v) is 2.22. The summed E-state index contributed by atoms with van der Waals surface area (Å²) in [5.41, 5.74) is 1.58. The van der Waals surface area contributed by atoms with Gasteiger partial charge in [0.05, 0.1) is 6.54 Å². The van der Waals surface area contributed by atoms with Gasteiger partial charge in [-0.2, -0.15) is 0 Å². The van der Waals surface area contributed by atoms with Crippen LogP contribution in [0, 0.1) is 18.8 Å². The lowest BCUT2D eigenvalue weighted by Crippen LogP contribution is -2.31. The number of carbonyl (C=O) groups is 1. The summed E-state index contributed by atoms with van der Waals surface area (Å²) in [6.07, 6.45) is 3.62. The van der Waals surface area contributed by atoms with Crippen LogP contribution in [0.3, 0.4) is 0 Å². The van der Waals surface area contributed by atoms with Gasteiger partial charge in [-0.3, -0.25) is 14.3 Å². The number of unbranched alkanes of at least 4 members (excludes halogenated alkanes) is 1. The van der Waals surface area contributed by atoms with Crippen LogP contribution in [-0.2, 0) is 11.3 Å². The van der Waals surface area contributed by atoms with Crippen molar-refractivity contribution in [3.8, 4) is 11.8 Å². The van der Waals surface area contributed by atoms with E-state index in [1.165, 1.54) is 4.57 Å². The third-order valence-electron chi connectivity index (χ3n) is 3.56. The van der Waals surface area contributed by atoms with Crippen molar-refractivity contribution < 1.29 is 4.79 Å². The van der Waals surface area contributed by atoms with E-state index in [1.807, 2.05) is 24.3 Å². The zero-order valence-corrected chi connectivity index (χ0v) is 13.9. The summed E-state index contributed by atoms with van der Waals surface area (Å²) in [4.78, 5) is 36.3. The summed E-state index contributed by atoms with van der Waals surface area (Å²) in [5.74, 6) is 6.30. The summed E-state index contributed by atoms with van der Waals surface area (Å²) < 4.78 is 1.47. The van der Waals surface area contributed by atoms with Crippen LogP contribution < -0.4 is 11.2 Å². The smallest absolute Gasteiger partial charge is 0.300 e. The standard InChI is InChI=1S/C19H20N2O3/c1-14-12-21(19(24)20-18(14)23)13-17-10-8-16(9-11-17)7-5-3-4-6-15(2)22/h8-12H,3-4,6,13H2,1-2H3,(H,20,23,24). The van der Waals surface area contributed by atoms with Crippen molar-refractivity contribution in [2.24, 2.45) is 0 Å². The Morgan fingerprint density at radius 2 is 1.92 bits per heavy atom. The van der Waals surface area contributed by atoms with Gasteiger partial charge in [0.1, 0.15) is 5.78 Å². The molecule has 0 unspecified atom stereocenters. The molecule has 2 aromatic rings. The molecule has 1 heterocycles. The predicted molar refractivity (Wildman–Crippen MR) is 93.0 cm³/mol. The highest BCUT2D eigenvalue weighted by atomic mass is 16.2. The van der Waals surface area contributed by atoms with Gasteiger partial charge >= 0.3 is 5.69 Å². The third kappa shape index (κ3) is 5.10. The molecule has 1 aromatic carbocycles. The monoisotopic (exact) mass is 324 g/mol. The number of Topliss-reactive ketones (excluding diaryl/α,β-unsaturated/α-hetero) is 1. The molecule has 0 saturated carbocycles. The van der Waals surface area contributed by atoms with Gasteiger partial charge in [-0.1, -0.05) is 24.0 Å². The number of benzene rings is 1. The Hall–Kier alpha value is -2.87. The highest BCUT2D eigenvalue weighted by Gasteiger charge is 2.02. The Kier molecular flexibility index (Phi) is 5.91. The predicted octanol–water partition coefficient (Wildman–Crippen LogP) is 2.00. The van der Waals surface area contributed by atoms with Crippen molar-refractivity contribution >= 4 is 5.78 Å². The van der Waals surface area contributed by atoms with E-state index in [0.717, 1.165) is 17.5 Å². The van der Waals surface area contributed by atoms with Gasteiger partial charge in [-0.05, 0) is 38.0 Å². The molecule has 24 heavy (non-hydrogen) atoms. The first-order chi connectivity index (χ1) is 11.5. The fourth-order valence-electron chi connectivity index (χ4n) is 2.22. The zero-order chi connectivity index (χ0) is 17.5. The summed E-state index contributed by atoms with van der Waals surface area (Å²) in [6, 6.07) is 7.62. The minimum absolute atomic E-state index is 0.189. The number of hydrogen-bond acceptors (Lipinski definition) is 3. The van der Waals surface area contributed by atoms with E-state index in [-0.39, 0.29) is 11.3 Å². The minimum Gasteiger partial charge on any atom is -0.300 e. The second-order valence-electron chi connectivity index (χ2n) is 5.75. The maximum atomic E-state index is 11.8. The van der Waals surface area contributed by atoms with Crippen LogP contribution in [-0.4, -0.2) is 15.3 Å². The average molecular weight is 324 g/mol. The number of H-pyrrole nitrogens is 1. The van der Waals surface area contributed by atoms with Gasteiger partial charge in [0.25, 0.3) is 5.56 Å². The number of nitrogens with one attached hydrogen (secondary N) is 1. The largest absolute Gasteiger partial charge is 0.328 e. The molecule has 0 radical (unpaired) electrons. The number of hydrogen-bond donors (Lipinski definition) is 1. The molecule has 1 aromatic heterocycles. The average Bonchev–Trinajstić information content (AvgIpc) is 2.53. The van der Waals surface area contributed by atoms with Gasteiger partial charge in [-0.15, -0.1) is 0 Å². The van der Waals surface area contributed by atoms with Crippen LogP contribution in [0.1, 0.15) is 42.9 Å². The van der Waals surface area contributed by atoms with Crippen LogP contribution >= 0.6 is 0 Å². The fraction of sp³-hybridized carbons (Fsp3) is 0.316. The Morgan fingerprint density at radius 3 is 2.58 bits per heavy atom. The van der Waals surface area contributed by atoms with Crippen LogP contribution in [0.4, 0.5) is 0 Å². The maximum absolute atomic E-state index is 11.8. The summed E-state index contributed by atoms with van der Waals surface area (Å²) in [5, 5.41) is 0. The summed E-state index contributed by atoms with van der Waals surface area (Å²) in [6.45, 7) is 3.64. The van der Waals surface area contributed by atoms with Gasteiger partial charge in [0, 0.05) is 30.2 Å². The van der Waals surface area contributed by atoms with Crippen molar-refractivity contribution in [2.75, 3.05) is 0 Å². The minimum atomic E-state index is -0.417. The number of rotatable bonds is 5. The topological polar surface area (TPSA) is 71.9 Å². The molecule has 2 rings (SSSR count). The Balaban J connectivity index is 2.01. The lowest BCUT2D eigenvalue weighted by molar-refractivity contribution is -0.117. The van der Waals surface area contributed by atoms with Crippen molar-refractivity contribution in [2.45, 2.75) is 39.7 Å². The Morgan fingerprint density at radius 1 is 1.21 bits per heavy atom. The summed E-state index contributed by atoms with van der Waals surface area (Å²) >= 11 is 0. The van der Waals surface area contributed by atoms with Gasteiger partial charge < -0.3 is 4.79 Å². The number of aromatic nitrogens is 2. The maximum Gasteiger partial charge on any atom is 0.328 e. The molecular formula is C19H20N2O3. The first-order valence-electron chi connectivity index (χ1n) is 7.83. The second kappa shape index (κ2) is 8.11. The normalized spacial score (nSPS) is 10.1. The molecule has 0 bridgehead atoms. The number of nitrogens with zero attached hydrogens (tertiary/aromatic N) is 1. The molecule has 0 amide bonds. The quantitative estimate of drug-likeness (QED) is 0.675. The van der Waals surface area contributed by atoms with Crippen LogP contribution in [0.2, 0.25) is 0 Å². The van der Waals surface area contributed by atoms with Gasteiger partial charge in [0.2, 0.25) is 0 Å². The highest BCUT2D eigenvalue weighted by molar-refractivity contribution is 5.75. The van der Waals surface area contributed by atoms with E-state index in [2.05, 4.69) is 16.8 Å². The molecule has 124 valence electrons. The van der Waals surface area contributed by atoms with Crippen LogP contribution in [0.5, 0.6) is 0 Å². The Labute approximate surface area is 140 Å². The van der Waals surface area contributed by atoms with E-state index >= 15 is 0 Å². The van der Waals surface area contributed by atoms with Crippen molar-refractivity contribution in [3.05, 3.63) is 68.0 Å². The molecule has 0 saturated heterocycles. The van der Waals surface area contributed by atoms with Crippen molar-refractivity contribution in [1.29, 1.82) is 0 Å². The first kappa shape index (κ1) is 17.5. The van der Waals surface area contributed by atoms with Crippen molar-refractivity contribution in [1.82, 2.24) is 9.55 Å². The number of carbonyl (C=O) groups excluding carboxylic acids is 1. The first-order valence-corrected chi connectivity index (χ1v) is 7.83.